The van der Waals surface area contributed by atoms with Crippen molar-refractivity contribution in [2.45, 2.75) is 31.7 Å². The van der Waals surface area contributed by atoms with Crippen LogP contribution in [0.5, 0.6) is 11.5 Å². The standard InChI is InChI=1S/C18H18N2O/c1-2-8-14(7-1)19-13-20-15-9-3-5-11-17(15)21-18-12-6-4-10-16(18)20/h3-6,9-14H,1-2,7-8H2. The second-order valence-electron chi connectivity index (χ2n) is 5.61. The summed E-state index contributed by atoms with van der Waals surface area (Å²) in [5.74, 6) is 1.77. The second-order valence-corrected chi connectivity index (χ2v) is 5.61. The fourth-order valence-electron chi connectivity index (χ4n) is 3.07. The molecule has 2 aromatic carbocycles. The number of nitrogens with zero attached hydrogens (tertiary/aromatic N) is 2. The van der Waals surface area contributed by atoms with Crippen LogP contribution in [0.2, 0.25) is 0 Å². The molecular formula is C18H18N2O. The van der Waals surface area contributed by atoms with Gasteiger partial charge in [0.1, 0.15) is 0 Å². The average Bonchev–Trinajstić information content (AvgIpc) is 3.05. The van der Waals surface area contributed by atoms with E-state index in [0.29, 0.717) is 6.04 Å². The molecule has 0 saturated heterocycles. The lowest BCUT2D eigenvalue weighted by Gasteiger charge is -2.29. The molecule has 0 radical (unpaired) electrons. The minimum absolute atomic E-state index is 0.479. The van der Waals surface area contributed by atoms with Gasteiger partial charge in [-0.2, -0.15) is 0 Å². The molecule has 2 aliphatic rings. The summed E-state index contributed by atoms with van der Waals surface area (Å²) in [6.07, 6.45) is 7.01. The van der Waals surface area contributed by atoms with E-state index in [1.807, 2.05) is 42.7 Å². The monoisotopic (exact) mass is 278 g/mol. The Balaban J connectivity index is 1.74. The molecule has 0 amide bonds. The lowest BCUT2D eigenvalue weighted by Crippen LogP contribution is -2.20. The van der Waals surface area contributed by atoms with E-state index in [1.54, 1.807) is 0 Å². The summed E-state index contributed by atoms with van der Waals surface area (Å²) < 4.78 is 5.98. The predicted molar refractivity (Wildman–Crippen MR) is 85.8 cm³/mol. The lowest BCUT2D eigenvalue weighted by molar-refractivity contribution is 0.478. The van der Waals surface area contributed by atoms with Crippen LogP contribution in [-0.2, 0) is 0 Å². The molecule has 1 saturated carbocycles. The van der Waals surface area contributed by atoms with Gasteiger partial charge in [-0.15, -0.1) is 0 Å². The summed E-state index contributed by atoms with van der Waals surface area (Å²) >= 11 is 0. The first-order valence-electron chi connectivity index (χ1n) is 7.60. The summed E-state index contributed by atoms with van der Waals surface area (Å²) in [7, 11) is 0. The highest BCUT2D eigenvalue weighted by Gasteiger charge is 2.23. The van der Waals surface area contributed by atoms with Gasteiger partial charge >= 0.3 is 0 Å². The van der Waals surface area contributed by atoms with Gasteiger partial charge in [0.05, 0.1) is 23.8 Å². The molecule has 0 aromatic heterocycles. The van der Waals surface area contributed by atoms with Gasteiger partial charge < -0.3 is 4.74 Å². The minimum Gasteiger partial charge on any atom is -0.453 e. The number of aliphatic imine (C=N–C) groups is 1. The molecule has 4 rings (SSSR count). The largest absolute Gasteiger partial charge is 0.453 e. The Morgan fingerprint density at radius 3 is 2.10 bits per heavy atom. The Bertz CT molecular complexity index is 629. The molecule has 2 aromatic rings. The molecule has 106 valence electrons. The molecule has 0 spiro atoms. The van der Waals surface area contributed by atoms with Crippen LogP contribution in [0.4, 0.5) is 11.4 Å². The molecule has 0 N–H and O–H groups in total. The topological polar surface area (TPSA) is 24.8 Å². The Kier molecular flexibility index (Phi) is 3.11. The highest BCUT2D eigenvalue weighted by molar-refractivity contribution is 5.95. The van der Waals surface area contributed by atoms with Crippen LogP contribution in [0, 0.1) is 0 Å². The second kappa shape index (κ2) is 5.24. The zero-order valence-electron chi connectivity index (χ0n) is 11.9. The van der Waals surface area contributed by atoms with Gasteiger partial charge in [0.15, 0.2) is 11.5 Å². The normalized spacial score (nSPS) is 17.6. The first-order valence-corrected chi connectivity index (χ1v) is 7.60. The van der Waals surface area contributed by atoms with Gasteiger partial charge in [-0.3, -0.25) is 9.89 Å². The number of benzene rings is 2. The molecule has 3 heteroatoms. The van der Waals surface area contributed by atoms with Crippen LogP contribution in [0.25, 0.3) is 0 Å². The van der Waals surface area contributed by atoms with Gasteiger partial charge in [0.2, 0.25) is 0 Å². The summed E-state index contributed by atoms with van der Waals surface area (Å²) in [5, 5.41) is 0. The van der Waals surface area contributed by atoms with Crippen molar-refractivity contribution in [2.75, 3.05) is 4.90 Å². The highest BCUT2D eigenvalue weighted by atomic mass is 16.5. The molecule has 1 heterocycles. The molecule has 21 heavy (non-hydrogen) atoms. The molecule has 0 bridgehead atoms. The van der Waals surface area contributed by atoms with E-state index in [4.69, 9.17) is 9.73 Å². The highest BCUT2D eigenvalue weighted by Crippen LogP contribution is 2.45. The Morgan fingerprint density at radius 2 is 1.48 bits per heavy atom. The fraction of sp³-hybridized carbons (Fsp3) is 0.278. The third-order valence-corrected chi connectivity index (χ3v) is 4.19. The SMILES string of the molecule is C(=NC1CCCC1)N1c2ccccc2Oc2ccccc21. The molecule has 1 fully saturated rings. The van der Waals surface area contributed by atoms with Crippen molar-refractivity contribution < 1.29 is 4.74 Å². The quantitative estimate of drug-likeness (QED) is 0.576. The third kappa shape index (κ3) is 2.29. The molecule has 0 unspecified atom stereocenters. The van der Waals surface area contributed by atoms with E-state index in [2.05, 4.69) is 17.0 Å². The first-order chi connectivity index (χ1) is 10.4. The first kappa shape index (κ1) is 12.5. The van der Waals surface area contributed by atoms with Crippen molar-refractivity contribution in [3.63, 3.8) is 0 Å². The number of rotatable bonds is 2. The van der Waals surface area contributed by atoms with Gasteiger partial charge in [0, 0.05) is 0 Å². The Hall–Kier alpha value is -2.29. The fourth-order valence-corrected chi connectivity index (χ4v) is 3.07. The maximum Gasteiger partial charge on any atom is 0.151 e. The molecular weight excluding hydrogens is 260 g/mol. The van der Waals surface area contributed by atoms with E-state index < -0.39 is 0 Å². The zero-order chi connectivity index (χ0) is 14.1. The van der Waals surface area contributed by atoms with E-state index in [-0.39, 0.29) is 0 Å². The summed E-state index contributed by atoms with van der Waals surface area (Å²) in [5.41, 5.74) is 2.11. The molecule has 0 atom stereocenters. The van der Waals surface area contributed by atoms with Gasteiger partial charge in [-0.1, -0.05) is 37.1 Å². The van der Waals surface area contributed by atoms with Crippen LogP contribution in [-0.4, -0.2) is 12.4 Å². The van der Waals surface area contributed by atoms with Crippen LogP contribution in [0.15, 0.2) is 53.5 Å². The summed E-state index contributed by atoms with van der Waals surface area (Å²) in [6.45, 7) is 0. The van der Waals surface area contributed by atoms with Gasteiger partial charge in [-0.25, -0.2) is 0 Å². The maximum atomic E-state index is 5.98. The lowest BCUT2D eigenvalue weighted by atomic mass is 10.2. The smallest absolute Gasteiger partial charge is 0.151 e. The molecule has 1 aliphatic heterocycles. The van der Waals surface area contributed by atoms with Crippen molar-refractivity contribution in [1.29, 1.82) is 0 Å². The van der Waals surface area contributed by atoms with E-state index in [9.17, 15) is 0 Å². The number of ether oxygens (including phenoxy) is 1. The van der Waals surface area contributed by atoms with Crippen molar-refractivity contribution in [3.05, 3.63) is 48.5 Å². The van der Waals surface area contributed by atoms with Crippen LogP contribution in [0.1, 0.15) is 25.7 Å². The Morgan fingerprint density at radius 1 is 0.905 bits per heavy atom. The molecule has 1 aliphatic carbocycles. The van der Waals surface area contributed by atoms with E-state index >= 15 is 0 Å². The number of para-hydroxylation sites is 4. The molecule has 3 nitrogen and oxygen atoms in total. The van der Waals surface area contributed by atoms with Gasteiger partial charge in [0.25, 0.3) is 0 Å². The van der Waals surface area contributed by atoms with Crippen molar-refractivity contribution in [1.82, 2.24) is 0 Å². The van der Waals surface area contributed by atoms with Crippen LogP contribution in [0.3, 0.4) is 0 Å². The van der Waals surface area contributed by atoms with Crippen molar-refractivity contribution in [2.24, 2.45) is 4.99 Å². The zero-order valence-corrected chi connectivity index (χ0v) is 11.9. The van der Waals surface area contributed by atoms with Gasteiger partial charge in [-0.05, 0) is 37.1 Å². The number of fused-ring (bicyclic) bond motifs is 2. The Labute approximate surface area is 124 Å². The third-order valence-electron chi connectivity index (χ3n) is 4.19. The number of hydrogen-bond donors (Lipinski definition) is 0. The van der Waals surface area contributed by atoms with Crippen molar-refractivity contribution in [3.8, 4) is 11.5 Å². The van der Waals surface area contributed by atoms with E-state index in [1.165, 1.54) is 25.7 Å². The average molecular weight is 278 g/mol. The van der Waals surface area contributed by atoms with Crippen LogP contribution >= 0.6 is 0 Å². The summed E-state index contributed by atoms with van der Waals surface area (Å²) in [4.78, 5) is 6.94. The minimum atomic E-state index is 0.479. The van der Waals surface area contributed by atoms with Crippen LogP contribution < -0.4 is 9.64 Å². The number of hydrogen-bond acceptors (Lipinski definition) is 2. The number of anilines is 2. The summed E-state index contributed by atoms with van der Waals surface area (Å²) in [6, 6.07) is 16.7. The maximum absolute atomic E-state index is 5.98. The van der Waals surface area contributed by atoms with E-state index in [0.717, 1.165) is 22.9 Å². The predicted octanol–water partition coefficient (Wildman–Crippen LogP) is 4.90. The van der Waals surface area contributed by atoms with Crippen molar-refractivity contribution >= 4 is 17.7 Å².